The molecule has 1 unspecified atom stereocenters. The first-order valence-corrected chi connectivity index (χ1v) is 12.4. The number of nitrogens with zero attached hydrogens (tertiary/aromatic N) is 2. The van der Waals surface area contributed by atoms with Gasteiger partial charge in [0.1, 0.15) is 11.4 Å². The van der Waals surface area contributed by atoms with Crippen LogP contribution in [0.1, 0.15) is 51.7 Å². The predicted octanol–water partition coefficient (Wildman–Crippen LogP) is 5.21. The van der Waals surface area contributed by atoms with Crippen LogP contribution in [0.3, 0.4) is 0 Å². The summed E-state index contributed by atoms with van der Waals surface area (Å²) in [6.45, 7) is 5.92. The number of halogens is 1. The normalized spacial score (nSPS) is 18.3. The Morgan fingerprint density at radius 1 is 0.946 bits per heavy atom. The number of aryl methyl sites for hydroxylation is 2. The van der Waals surface area contributed by atoms with E-state index < -0.39 is 28.6 Å². The van der Waals surface area contributed by atoms with Crippen molar-refractivity contribution in [3.05, 3.63) is 110 Å². The first-order chi connectivity index (χ1) is 17.8. The summed E-state index contributed by atoms with van der Waals surface area (Å²) < 4.78 is 20.8. The van der Waals surface area contributed by atoms with Gasteiger partial charge in [0, 0.05) is 17.7 Å². The molecule has 6 nitrogen and oxygen atoms in total. The van der Waals surface area contributed by atoms with Gasteiger partial charge in [-0.25, -0.2) is 4.39 Å². The number of carbonyl (C=O) groups excluding carboxylic acids is 2. The Labute approximate surface area is 212 Å². The molecule has 2 aliphatic rings. The topological polar surface area (TPSA) is 70.8 Å². The van der Waals surface area contributed by atoms with Crippen molar-refractivity contribution in [3.8, 4) is 0 Å². The van der Waals surface area contributed by atoms with Gasteiger partial charge >= 0.3 is 0 Å². The molecule has 1 spiro atoms. The van der Waals surface area contributed by atoms with Crippen LogP contribution in [0.2, 0.25) is 0 Å². The molecule has 0 saturated carbocycles. The Kier molecular flexibility index (Phi) is 5.09. The Hall–Kier alpha value is -4.26. The molecule has 1 aromatic heterocycles. The molecule has 4 aromatic rings. The van der Waals surface area contributed by atoms with Crippen molar-refractivity contribution >= 4 is 28.5 Å². The SMILES string of the molecule is CCCN1C(=O)c2oc3cc(C)c(C)cc3c(=O)c2C12C(=O)N(Cc1ccccc1F)c1ccccc12. The van der Waals surface area contributed by atoms with Crippen molar-refractivity contribution in [2.75, 3.05) is 11.4 Å². The van der Waals surface area contributed by atoms with Crippen molar-refractivity contribution in [3.63, 3.8) is 0 Å². The third-order valence-electron chi connectivity index (χ3n) is 7.59. The largest absolute Gasteiger partial charge is 0.450 e. The van der Waals surface area contributed by atoms with Gasteiger partial charge in [0.2, 0.25) is 5.76 Å². The highest BCUT2D eigenvalue weighted by Crippen LogP contribution is 2.53. The number of rotatable bonds is 4. The number of amides is 2. The summed E-state index contributed by atoms with van der Waals surface area (Å²) in [5.74, 6) is -1.50. The molecule has 0 aliphatic carbocycles. The van der Waals surface area contributed by atoms with Gasteiger partial charge in [0.25, 0.3) is 11.8 Å². The monoisotopic (exact) mass is 496 g/mol. The lowest BCUT2D eigenvalue weighted by atomic mass is 9.83. The van der Waals surface area contributed by atoms with E-state index in [1.165, 1.54) is 15.9 Å². The van der Waals surface area contributed by atoms with Crippen molar-refractivity contribution in [1.29, 1.82) is 0 Å². The van der Waals surface area contributed by atoms with Crippen LogP contribution in [-0.4, -0.2) is 23.3 Å². The first-order valence-electron chi connectivity index (χ1n) is 12.4. The summed E-state index contributed by atoms with van der Waals surface area (Å²) in [5.41, 5.74) is 1.50. The molecule has 3 heterocycles. The third-order valence-corrected chi connectivity index (χ3v) is 7.59. The summed E-state index contributed by atoms with van der Waals surface area (Å²) in [7, 11) is 0. The molecule has 0 fully saturated rings. The summed E-state index contributed by atoms with van der Waals surface area (Å²) in [4.78, 5) is 45.4. The van der Waals surface area contributed by atoms with Crippen molar-refractivity contribution in [1.82, 2.24) is 4.90 Å². The van der Waals surface area contributed by atoms with Crippen LogP contribution >= 0.6 is 0 Å². The number of anilines is 1. The van der Waals surface area contributed by atoms with E-state index >= 15 is 0 Å². The lowest BCUT2D eigenvalue weighted by Gasteiger charge is -2.34. The van der Waals surface area contributed by atoms with Crippen LogP contribution in [0.5, 0.6) is 0 Å². The van der Waals surface area contributed by atoms with Gasteiger partial charge in [-0.05, 0) is 55.7 Å². The minimum absolute atomic E-state index is 0.0367. The summed E-state index contributed by atoms with van der Waals surface area (Å²) in [5, 5.41) is 0.324. The molecule has 3 aromatic carbocycles. The molecule has 0 N–H and O–H groups in total. The van der Waals surface area contributed by atoms with Gasteiger partial charge < -0.3 is 14.2 Å². The molecule has 2 amide bonds. The maximum atomic E-state index is 14.7. The quantitative estimate of drug-likeness (QED) is 0.389. The van der Waals surface area contributed by atoms with Crippen LogP contribution in [-0.2, 0) is 16.9 Å². The van der Waals surface area contributed by atoms with Gasteiger partial charge in [-0.3, -0.25) is 14.4 Å². The van der Waals surface area contributed by atoms with E-state index in [4.69, 9.17) is 4.42 Å². The van der Waals surface area contributed by atoms with E-state index in [0.29, 0.717) is 34.2 Å². The molecule has 186 valence electrons. The van der Waals surface area contributed by atoms with E-state index in [1.807, 2.05) is 20.8 Å². The minimum Gasteiger partial charge on any atom is -0.450 e. The second kappa shape index (κ2) is 8.13. The second-order valence-electron chi connectivity index (χ2n) is 9.73. The van der Waals surface area contributed by atoms with Gasteiger partial charge in [0.15, 0.2) is 11.0 Å². The standard InChI is InChI=1S/C30H25FN2O4/c1-4-13-33-28(35)27-25(26(34)20-14-17(2)18(3)15-24(20)37-27)30(33)21-10-6-8-12-23(21)32(29(30)36)16-19-9-5-7-11-22(19)31/h5-12,14-15H,4,13,16H2,1-3H3. The van der Waals surface area contributed by atoms with Gasteiger partial charge in [-0.15, -0.1) is 0 Å². The maximum absolute atomic E-state index is 14.7. The zero-order valence-corrected chi connectivity index (χ0v) is 20.8. The van der Waals surface area contributed by atoms with E-state index in [9.17, 15) is 18.8 Å². The number of carbonyl (C=O) groups is 2. The average molecular weight is 497 g/mol. The molecule has 7 heteroatoms. The molecular weight excluding hydrogens is 471 g/mol. The third kappa shape index (κ3) is 3.00. The highest BCUT2D eigenvalue weighted by Gasteiger charge is 2.64. The molecule has 1 atom stereocenters. The summed E-state index contributed by atoms with van der Waals surface area (Å²) >= 11 is 0. The zero-order chi connectivity index (χ0) is 26.1. The zero-order valence-electron chi connectivity index (χ0n) is 20.8. The number of para-hydroxylation sites is 1. The van der Waals surface area contributed by atoms with E-state index in [2.05, 4.69) is 0 Å². The predicted molar refractivity (Wildman–Crippen MR) is 138 cm³/mol. The summed E-state index contributed by atoms with van der Waals surface area (Å²) in [6, 6.07) is 16.9. The Morgan fingerprint density at radius 3 is 2.41 bits per heavy atom. The number of hydrogen-bond donors (Lipinski definition) is 0. The van der Waals surface area contributed by atoms with Crippen LogP contribution in [0, 0.1) is 19.7 Å². The lowest BCUT2D eigenvalue weighted by Crippen LogP contribution is -2.53. The molecule has 37 heavy (non-hydrogen) atoms. The number of benzene rings is 3. The Bertz CT molecular complexity index is 1690. The first kappa shape index (κ1) is 23.2. The molecule has 2 aliphatic heterocycles. The highest BCUT2D eigenvalue weighted by atomic mass is 19.1. The Morgan fingerprint density at radius 2 is 1.65 bits per heavy atom. The van der Waals surface area contributed by atoms with Gasteiger partial charge in [0.05, 0.1) is 23.2 Å². The summed E-state index contributed by atoms with van der Waals surface area (Å²) in [6.07, 6.45) is 0.566. The van der Waals surface area contributed by atoms with Crippen LogP contribution in [0.25, 0.3) is 11.0 Å². The van der Waals surface area contributed by atoms with Crippen LogP contribution in [0.15, 0.2) is 69.9 Å². The fraction of sp³-hybridized carbons (Fsp3) is 0.233. The fourth-order valence-electron chi connectivity index (χ4n) is 5.72. The van der Waals surface area contributed by atoms with Crippen molar-refractivity contribution in [2.24, 2.45) is 0 Å². The molecule has 0 radical (unpaired) electrons. The molecule has 0 saturated heterocycles. The van der Waals surface area contributed by atoms with E-state index in [-0.39, 0.29) is 24.4 Å². The Balaban J connectivity index is 1.67. The average Bonchev–Trinajstić information content (AvgIpc) is 3.27. The second-order valence-corrected chi connectivity index (χ2v) is 9.73. The minimum atomic E-state index is -1.68. The fourth-order valence-corrected chi connectivity index (χ4v) is 5.72. The number of hydrogen-bond acceptors (Lipinski definition) is 4. The van der Waals surface area contributed by atoms with Crippen LogP contribution < -0.4 is 10.3 Å². The molecule has 6 rings (SSSR count). The number of fused-ring (bicyclic) bond motifs is 5. The van der Waals surface area contributed by atoms with Crippen molar-refractivity contribution in [2.45, 2.75) is 39.3 Å². The molecular formula is C30H25FN2O4. The van der Waals surface area contributed by atoms with E-state index in [0.717, 1.165) is 11.1 Å². The van der Waals surface area contributed by atoms with Gasteiger partial charge in [-0.2, -0.15) is 0 Å². The van der Waals surface area contributed by atoms with Crippen molar-refractivity contribution < 1.29 is 18.4 Å². The lowest BCUT2D eigenvalue weighted by molar-refractivity contribution is -0.126. The van der Waals surface area contributed by atoms with E-state index in [1.54, 1.807) is 54.6 Å². The molecule has 0 bridgehead atoms. The smallest absolute Gasteiger partial charge is 0.291 e. The van der Waals surface area contributed by atoms with Gasteiger partial charge in [-0.1, -0.05) is 43.3 Å². The van der Waals surface area contributed by atoms with Crippen LogP contribution in [0.4, 0.5) is 10.1 Å². The highest BCUT2D eigenvalue weighted by molar-refractivity contribution is 6.17. The maximum Gasteiger partial charge on any atom is 0.291 e.